The van der Waals surface area contributed by atoms with E-state index in [0.29, 0.717) is 0 Å². The van der Waals surface area contributed by atoms with Crippen molar-refractivity contribution in [2.45, 2.75) is 19.3 Å². The second kappa shape index (κ2) is 8.05. The number of rotatable bonds is 10. The van der Waals surface area contributed by atoms with Gasteiger partial charge in [0, 0.05) is 0 Å². The van der Waals surface area contributed by atoms with Gasteiger partial charge in [0.1, 0.15) is 0 Å². The van der Waals surface area contributed by atoms with Crippen LogP contribution in [0.3, 0.4) is 0 Å². The third-order valence-electron chi connectivity index (χ3n) is 3.00. The zero-order valence-electron chi connectivity index (χ0n) is 9.67. The maximum atomic E-state index is 5.42. The van der Waals surface area contributed by atoms with Crippen molar-refractivity contribution < 1.29 is 0 Å². The molecule has 4 heteroatoms. The van der Waals surface area contributed by atoms with Crippen LogP contribution in [0.25, 0.3) is 0 Å². The van der Waals surface area contributed by atoms with E-state index in [1.807, 2.05) is 0 Å². The Labute approximate surface area is 93.2 Å². The van der Waals surface area contributed by atoms with Gasteiger partial charge in [-0.25, -0.2) is 0 Å². The van der Waals surface area contributed by atoms with E-state index in [0.717, 1.165) is 50.9 Å². The van der Waals surface area contributed by atoms with Crippen molar-refractivity contribution in [3.8, 4) is 0 Å². The Hall–Kier alpha value is -0.160. The molecular formula is C11H26N4. The summed E-state index contributed by atoms with van der Waals surface area (Å²) in [6.45, 7) is 6.07. The van der Waals surface area contributed by atoms with Gasteiger partial charge in [-0.2, -0.15) is 0 Å². The van der Waals surface area contributed by atoms with Gasteiger partial charge in [-0.3, -0.25) is 0 Å². The Balaban J connectivity index is 1.81. The molecule has 0 amide bonds. The Morgan fingerprint density at radius 2 is 1.33 bits per heavy atom. The third-order valence-corrected chi connectivity index (χ3v) is 3.00. The molecule has 4 nitrogen and oxygen atoms in total. The fourth-order valence-corrected chi connectivity index (χ4v) is 1.84. The molecule has 6 N–H and O–H groups in total. The predicted octanol–water partition coefficient (Wildman–Crippen LogP) is -0.501. The Kier molecular flexibility index (Phi) is 6.92. The fraction of sp³-hybridized carbons (Fsp3) is 1.00. The molecule has 1 fully saturated rings. The van der Waals surface area contributed by atoms with Crippen LogP contribution in [0, 0.1) is 11.8 Å². The van der Waals surface area contributed by atoms with E-state index >= 15 is 0 Å². The van der Waals surface area contributed by atoms with Crippen LogP contribution >= 0.6 is 0 Å². The van der Waals surface area contributed by atoms with Crippen molar-refractivity contribution >= 4 is 0 Å². The first-order valence-corrected chi connectivity index (χ1v) is 6.20. The van der Waals surface area contributed by atoms with Gasteiger partial charge in [0.15, 0.2) is 0 Å². The van der Waals surface area contributed by atoms with Crippen molar-refractivity contribution in [3.05, 3.63) is 0 Å². The molecule has 0 saturated heterocycles. The molecule has 90 valence electrons. The number of hydrogen-bond acceptors (Lipinski definition) is 4. The molecule has 0 aromatic heterocycles. The second-order valence-corrected chi connectivity index (χ2v) is 4.45. The molecule has 0 aromatic rings. The lowest BCUT2D eigenvalue weighted by Gasteiger charge is -2.04. The zero-order valence-corrected chi connectivity index (χ0v) is 9.67. The summed E-state index contributed by atoms with van der Waals surface area (Å²) in [5.41, 5.74) is 10.8. The molecule has 0 unspecified atom stereocenters. The minimum absolute atomic E-state index is 0.793. The topological polar surface area (TPSA) is 76.1 Å². The molecular weight excluding hydrogens is 188 g/mol. The maximum absolute atomic E-state index is 5.42. The molecule has 0 aliphatic heterocycles. The van der Waals surface area contributed by atoms with E-state index in [4.69, 9.17) is 11.5 Å². The van der Waals surface area contributed by atoms with Crippen LogP contribution in [0.1, 0.15) is 19.3 Å². The predicted molar refractivity (Wildman–Crippen MR) is 64.7 cm³/mol. The summed E-state index contributed by atoms with van der Waals surface area (Å²) in [5, 5.41) is 6.90. The summed E-state index contributed by atoms with van der Waals surface area (Å²) < 4.78 is 0. The third kappa shape index (κ3) is 6.10. The Morgan fingerprint density at radius 3 is 1.73 bits per heavy atom. The fourth-order valence-electron chi connectivity index (χ4n) is 1.84. The number of nitrogens with one attached hydrogen (secondary N) is 2. The molecule has 0 aromatic carbocycles. The molecule has 0 heterocycles. The molecule has 0 spiro atoms. The Morgan fingerprint density at radius 1 is 0.867 bits per heavy atom. The minimum atomic E-state index is 0.793. The van der Waals surface area contributed by atoms with E-state index in [1.165, 1.54) is 19.5 Å². The first-order valence-electron chi connectivity index (χ1n) is 6.20. The van der Waals surface area contributed by atoms with Crippen LogP contribution in [-0.4, -0.2) is 39.3 Å². The summed E-state index contributed by atoms with van der Waals surface area (Å²) in [6, 6.07) is 0. The summed E-state index contributed by atoms with van der Waals surface area (Å²) in [6.07, 6.45) is 3.56. The summed E-state index contributed by atoms with van der Waals surface area (Å²) in [4.78, 5) is 0. The van der Waals surface area contributed by atoms with Crippen molar-refractivity contribution in [2.24, 2.45) is 23.3 Å². The highest BCUT2D eigenvalue weighted by Crippen LogP contribution is 2.36. The van der Waals surface area contributed by atoms with Crippen molar-refractivity contribution in [1.29, 1.82) is 0 Å². The quantitative estimate of drug-likeness (QED) is 0.370. The van der Waals surface area contributed by atoms with Crippen LogP contribution in [0.15, 0.2) is 0 Å². The van der Waals surface area contributed by atoms with Crippen LogP contribution in [-0.2, 0) is 0 Å². The van der Waals surface area contributed by atoms with Gasteiger partial charge in [0.05, 0.1) is 0 Å². The van der Waals surface area contributed by atoms with E-state index < -0.39 is 0 Å². The molecule has 1 rings (SSSR count). The van der Waals surface area contributed by atoms with Gasteiger partial charge in [-0.15, -0.1) is 0 Å². The standard InChI is InChI=1S/C11H26N4/c12-3-1-5-14-8-10-7-11(10)9-15-6-2-4-13/h10-11,14-15H,1-9,12-13H2/t10-,11-/m0/s1. The van der Waals surface area contributed by atoms with Crippen LogP contribution in [0.2, 0.25) is 0 Å². The Bertz CT molecular complexity index is 136. The van der Waals surface area contributed by atoms with Crippen molar-refractivity contribution in [2.75, 3.05) is 39.3 Å². The van der Waals surface area contributed by atoms with E-state index in [-0.39, 0.29) is 0 Å². The van der Waals surface area contributed by atoms with Gasteiger partial charge in [0.2, 0.25) is 0 Å². The lowest BCUT2D eigenvalue weighted by Crippen LogP contribution is -2.24. The van der Waals surface area contributed by atoms with Gasteiger partial charge in [-0.1, -0.05) is 0 Å². The largest absolute Gasteiger partial charge is 0.330 e. The highest BCUT2D eigenvalue weighted by molar-refractivity contribution is 4.89. The second-order valence-electron chi connectivity index (χ2n) is 4.45. The maximum Gasteiger partial charge on any atom is -0.00173 e. The zero-order chi connectivity index (χ0) is 10.9. The summed E-state index contributed by atoms with van der Waals surface area (Å²) in [7, 11) is 0. The molecule has 1 saturated carbocycles. The van der Waals surface area contributed by atoms with Gasteiger partial charge in [0.25, 0.3) is 0 Å². The molecule has 0 radical (unpaired) electrons. The molecule has 1 aliphatic carbocycles. The lowest BCUT2D eigenvalue weighted by molar-refractivity contribution is 0.551. The van der Waals surface area contributed by atoms with E-state index in [9.17, 15) is 0 Å². The smallest absolute Gasteiger partial charge is 0.00173 e. The minimum Gasteiger partial charge on any atom is -0.330 e. The molecule has 1 aliphatic rings. The summed E-state index contributed by atoms with van der Waals surface area (Å²) in [5.74, 6) is 1.79. The summed E-state index contributed by atoms with van der Waals surface area (Å²) >= 11 is 0. The van der Waals surface area contributed by atoms with E-state index in [2.05, 4.69) is 10.6 Å². The van der Waals surface area contributed by atoms with Gasteiger partial charge < -0.3 is 22.1 Å². The van der Waals surface area contributed by atoms with E-state index in [1.54, 1.807) is 0 Å². The first-order chi connectivity index (χ1) is 7.38. The number of hydrogen-bond donors (Lipinski definition) is 4. The van der Waals surface area contributed by atoms with Crippen molar-refractivity contribution in [3.63, 3.8) is 0 Å². The molecule has 15 heavy (non-hydrogen) atoms. The highest BCUT2D eigenvalue weighted by Gasteiger charge is 2.35. The van der Waals surface area contributed by atoms with Crippen LogP contribution < -0.4 is 22.1 Å². The van der Waals surface area contributed by atoms with Crippen LogP contribution in [0.4, 0.5) is 0 Å². The normalized spacial score (nSPS) is 24.4. The van der Waals surface area contributed by atoms with Crippen molar-refractivity contribution in [1.82, 2.24) is 10.6 Å². The monoisotopic (exact) mass is 214 g/mol. The average Bonchev–Trinajstić information content (AvgIpc) is 2.99. The number of nitrogens with two attached hydrogens (primary N) is 2. The van der Waals surface area contributed by atoms with Crippen LogP contribution in [0.5, 0.6) is 0 Å². The van der Waals surface area contributed by atoms with Gasteiger partial charge >= 0.3 is 0 Å². The average molecular weight is 214 g/mol. The highest BCUT2D eigenvalue weighted by atomic mass is 14.9. The molecule has 0 bridgehead atoms. The van der Waals surface area contributed by atoms with Gasteiger partial charge in [-0.05, 0) is 70.4 Å². The first kappa shape index (κ1) is 12.9. The lowest BCUT2D eigenvalue weighted by atomic mass is 10.3. The molecule has 2 atom stereocenters. The SMILES string of the molecule is NCCCNC[C@@H]1C[C@H]1CNCCCN.